The maximum atomic E-state index is 13.0. The van der Waals surface area contributed by atoms with Gasteiger partial charge in [-0.1, -0.05) is 44.2 Å². The number of carbonyl (C=O) groups is 2. The van der Waals surface area contributed by atoms with E-state index in [9.17, 15) is 9.59 Å². The Bertz CT molecular complexity index is 881. The molecular weight excluding hydrogens is 368 g/mol. The van der Waals surface area contributed by atoms with Gasteiger partial charge in [0.2, 0.25) is 5.91 Å². The summed E-state index contributed by atoms with van der Waals surface area (Å²) in [6, 6.07) is 14.0. The molecule has 1 aliphatic heterocycles. The molecule has 0 aromatic heterocycles. The van der Waals surface area contributed by atoms with E-state index >= 15 is 0 Å². The minimum atomic E-state index is -0.660. The molecule has 0 radical (unpaired) electrons. The molecule has 0 aliphatic carbocycles. The Kier molecular flexibility index (Phi) is 6.42. The van der Waals surface area contributed by atoms with Gasteiger partial charge in [0.15, 0.2) is 0 Å². The van der Waals surface area contributed by atoms with Gasteiger partial charge in [0.1, 0.15) is 17.5 Å². The third-order valence-corrected chi connectivity index (χ3v) is 5.30. The molecule has 0 spiro atoms. The first kappa shape index (κ1) is 20.7. The SMILES string of the molecule is COc1ccccc1C(=O)NC(C(=O)NC(C)C1COc2ccccc21)C(C)C. The number of amides is 2. The molecule has 6 nitrogen and oxygen atoms in total. The molecule has 3 unspecified atom stereocenters. The number of rotatable bonds is 7. The molecule has 3 rings (SSSR count). The van der Waals surface area contributed by atoms with Gasteiger partial charge in [-0.3, -0.25) is 9.59 Å². The van der Waals surface area contributed by atoms with Crippen molar-refractivity contribution < 1.29 is 19.1 Å². The summed E-state index contributed by atoms with van der Waals surface area (Å²) >= 11 is 0. The van der Waals surface area contributed by atoms with Crippen LogP contribution in [0.4, 0.5) is 0 Å². The topological polar surface area (TPSA) is 76.7 Å². The van der Waals surface area contributed by atoms with Crippen LogP contribution in [0.15, 0.2) is 48.5 Å². The van der Waals surface area contributed by atoms with Crippen molar-refractivity contribution in [3.63, 3.8) is 0 Å². The first-order chi connectivity index (χ1) is 13.9. The summed E-state index contributed by atoms with van der Waals surface area (Å²) in [6.45, 7) is 6.31. The Morgan fingerprint density at radius 3 is 2.45 bits per heavy atom. The van der Waals surface area contributed by atoms with E-state index in [1.165, 1.54) is 7.11 Å². The first-order valence-electron chi connectivity index (χ1n) is 9.88. The van der Waals surface area contributed by atoms with E-state index < -0.39 is 6.04 Å². The monoisotopic (exact) mass is 396 g/mol. The molecule has 0 saturated heterocycles. The molecule has 1 heterocycles. The van der Waals surface area contributed by atoms with Crippen molar-refractivity contribution >= 4 is 11.8 Å². The Morgan fingerprint density at radius 1 is 1.03 bits per heavy atom. The molecule has 154 valence electrons. The number of benzene rings is 2. The maximum absolute atomic E-state index is 13.0. The highest BCUT2D eigenvalue weighted by Crippen LogP contribution is 2.35. The molecule has 3 atom stereocenters. The second-order valence-electron chi connectivity index (χ2n) is 7.65. The van der Waals surface area contributed by atoms with Crippen LogP contribution in [0.5, 0.6) is 11.5 Å². The minimum absolute atomic E-state index is 0.0760. The number of ether oxygens (including phenoxy) is 2. The van der Waals surface area contributed by atoms with Crippen molar-refractivity contribution in [3.05, 3.63) is 59.7 Å². The molecular formula is C23H28N2O4. The molecule has 29 heavy (non-hydrogen) atoms. The molecule has 0 saturated carbocycles. The number of hydrogen-bond acceptors (Lipinski definition) is 4. The van der Waals surface area contributed by atoms with E-state index in [2.05, 4.69) is 10.6 Å². The third-order valence-electron chi connectivity index (χ3n) is 5.30. The van der Waals surface area contributed by atoms with Crippen LogP contribution in [-0.4, -0.2) is 37.6 Å². The number of methoxy groups -OCH3 is 1. The third kappa shape index (κ3) is 4.53. The van der Waals surface area contributed by atoms with Gasteiger partial charge in [-0.05, 0) is 31.0 Å². The zero-order valence-corrected chi connectivity index (χ0v) is 17.3. The minimum Gasteiger partial charge on any atom is -0.496 e. The van der Waals surface area contributed by atoms with Crippen molar-refractivity contribution in [2.75, 3.05) is 13.7 Å². The molecule has 1 aliphatic rings. The maximum Gasteiger partial charge on any atom is 0.255 e. The average Bonchev–Trinajstić information content (AvgIpc) is 3.15. The summed E-state index contributed by atoms with van der Waals surface area (Å²) in [4.78, 5) is 25.7. The average molecular weight is 396 g/mol. The quantitative estimate of drug-likeness (QED) is 0.754. The zero-order valence-electron chi connectivity index (χ0n) is 17.3. The van der Waals surface area contributed by atoms with E-state index in [0.717, 1.165) is 11.3 Å². The zero-order chi connectivity index (χ0) is 21.0. The number of fused-ring (bicyclic) bond motifs is 1. The highest BCUT2D eigenvalue weighted by molar-refractivity contribution is 5.99. The van der Waals surface area contributed by atoms with E-state index in [4.69, 9.17) is 9.47 Å². The van der Waals surface area contributed by atoms with E-state index in [1.807, 2.05) is 45.0 Å². The van der Waals surface area contributed by atoms with Gasteiger partial charge in [-0.2, -0.15) is 0 Å². The second kappa shape index (κ2) is 8.99. The van der Waals surface area contributed by atoms with E-state index in [1.54, 1.807) is 24.3 Å². The Hall–Kier alpha value is -3.02. The summed E-state index contributed by atoms with van der Waals surface area (Å²) in [6.07, 6.45) is 0. The molecule has 2 N–H and O–H groups in total. The summed E-state index contributed by atoms with van der Waals surface area (Å²) in [5.74, 6) is 0.795. The fraction of sp³-hybridized carbons (Fsp3) is 0.391. The predicted octanol–water partition coefficient (Wildman–Crippen LogP) is 3.13. The molecule has 2 aromatic rings. The summed E-state index contributed by atoms with van der Waals surface area (Å²) in [5, 5.41) is 5.92. The second-order valence-corrected chi connectivity index (χ2v) is 7.65. The van der Waals surface area contributed by atoms with Crippen LogP contribution in [0.25, 0.3) is 0 Å². The van der Waals surface area contributed by atoms with Gasteiger partial charge in [0.25, 0.3) is 5.91 Å². The number of hydrogen-bond donors (Lipinski definition) is 2. The van der Waals surface area contributed by atoms with Gasteiger partial charge in [-0.15, -0.1) is 0 Å². The summed E-state index contributed by atoms with van der Waals surface area (Å²) in [5.41, 5.74) is 1.50. The normalized spacial score (nSPS) is 17.1. The lowest BCUT2D eigenvalue weighted by molar-refractivity contribution is -0.124. The molecule has 2 amide bonds. The van der Waals surface area contributed by atoms with Crippen LogP contribution in [0.1, 0.15) is 42.6 Å². The van der Waals surface area contributed by atoms with Gasteiger partial charge >= 0.3 is 0 Å². The van der Waals surface area contributed by atoms with Crippen molar-refractivity contribution in [3.8, 4) is 11.5 Å². The fourth-order valence-electron chi connectivity index (χ4n) is 3.60. The lowest BCUT2D eigenvalue weighted by atomic mass is 9.93. The van der Waals surface area contributed by atoms with Crippen molar-refractivity contribution in [2.45, 2.75) is 38.8 Å². The standard InChI is InChI=1S/C23H28N2O4/c1-14(2)21(25-22(26)17-10-6-7-11-19(17)28-4)23(27)24-15(3)18-13-29-20-12-8-5-9-16(18)20/h5-12,14-15,18,21H,13H2,1-4H3,(H,24,27)(H,25,26). The van der Waals surface area contributed by atoms with Gasteiger partial charge in [0.05, 0.1) is 19.3 Å². The molecule has 6 heteroatoms. The predicted molar refractivity (Wildman–Crippen MR) is 111 cm³/mol. The van der Waals surface area contributed by atoms with E-state index in [-0.39, 0.29) is 29.7 Å². The Labute approximate surface area is 171 Å². The van der Waals surface area contributed by atoms with Crippen molar-refractivity contribution in [2.24, 2.45) is 5.92 Å². The summed E-state index contributed by atoms with van der Waals surface area (Å²) in [7, 11) is 1.52. The Balaban J connectivity index is 1.69. The smallest absolute Gasteiger partial charge is 0.255 e. The first-order valence-corrected chi connectivity index (χ1v) is 9.88. The Morgan fingerprint density at radius 2 is 1.72 bits per heavy atom. The largest absolute Gasteiger partial charge is 0.496 e. The number of para-hydroxylation sites is 2. The van der Waals surface area contributed by atoms with Crippen molar-refractivity contribution in [1.29, 1.82) is 0 Å². The van der Waals surface area contributed by atoms with Crippen LogP contribution in [-0.2, 0) is 4.79 Å². The molecule has 0 fully saturated rings. The van der Waals surface area contributed by atoms with Crippen molar-refractivity contribution in [1.82, 2.24) is 10.6 Å². The molecule has 2 aromatic carbocycles. The lowest BCUT2D eigenvalue weighted by Crippen LogP contribution is -2.52. The van der Waals surface area contributed by atoms with Crippen LogP contribution in [0, 0.1) is 5.92 Å². The molecule has 0 bridgehead atoms. The highest BCUT2D eigenvalue weighted by Gasteiger charge is 2.32. The summed E-state index contributed by atoms with van der Waals surface area (Å²) < 4.78 is 11.0. The van der Waals surface area contributed by atoms with Gasteiger partial charge in [0, 0.05) is 17.5 Å². The van der Waals surface area contributed by atoms with Crippen LogP contribution < -0.4 is 20.1 Å². The van der Waals surface area contributed by atoms with Crippen LogP contribution in [0.3, 0.4) is 0 Å². The number of carbonyl (C=O) groups excluding carboxylic acids is 2. The lowest BCUT2D eigenvalue weighted by Gasteiger charge is -2.26. The fourth-order valence-corrected chi connectivity index (χ4v) is 3.60. The van der Waals surface area contributed by atoms with Gasteiger partial charge in [-0.25, -0.2) is 0 Å². The van der Waals surface area contributed by atoms with Crippen LogP contribution >= 0.6 is 0 Å². The van der Waals surface area contributed by atoms with Crippen LogP contribution in [0.2, 0.25) is 0 Å². The van der Waals surface area contributed by atoms with Gasteiger partial charge < -0.3 is 20.1 Å². The van der Waals surface area contributed by atoms with E-state index in [0.29, 0.717) is 17.9 Å². The highest BCUT2D eigenvalue weighted by atomic mass is 16.5. The number of nitrogens with one attached hydrogen (secondary N) is 2.